The smallest absolute Gasteiger partial charge is 1.00 e. The predicted octanol–water partition coefficient (Wildman–Crippen LogP) is -1.44. The number of alkyl halides is 1. The van der Waals surface area contributed by atoms with Gasteiger partial charge in [-0.25, -0.2) is 0 Å². The molecule has 0 nitrogen and oxygen atoms in total. The van der Waals surface area contributed by atoms with Crippen molar-refractivity contribution in [3.63, 3.8) is 0 Å². The van der Waals surface area contributed by atoms with Gasteiger partial charge in [-0.3, -0.25) is 0 Å². The molecular weight excluding hydrogens is 174 g/mol. The van der Waals surface area contributed by atoms with Crippen LogP contribution in [0, 0.1) is 0 Å². The van der Waals surface area contributed by atoms with Crippen LogP contribution in [-0.4, -0.2) is 4.43 Å². The molecule has 0 aliphatic rings. The monoisotopic (exact) mass is 180 g/mol. The van der Waals surface area contributed by atoms with Gasteiger partial charge in [0, 0.05) is 0 Å². The molecule has 0 radical (unpaired) electrons. The van der Waals surface area contributed by atoms with Crippen LogP contribution in [0.15, 0.2) is 0 Å². The van der Waals surface area contributed by atoms with Gasteiger partial charge < -0.3 is 1.43 Å². The van der Waals surface area contributed by atoms with Gasteiger partial charge >= 0.3 is 29.6 Å². The van der Waals surface area contributed by atoms with Crippen molar-refractivity contribution >= 4 is 22.6 Å². The van der Waals surface area contributed by atoms with E-state index in [1.165, 1.54) is 4.43 Å². The van der Waals surface area contributed by atoms with Crippen molar-refractivity contribution in [2.24, 2.45) is 0 Å². The third-order valence-corrected chi connectivity index (χ3v) is 0. The molecule has 0 aromatic heterocycles. The maximum Gasteiger partial charge on any atom is 1.00 e. The van der Waals surface area contributed by atoms with E-state index in [0.29, 0.717) is 0 Å². The van der Waals surface area contributed by atoms with Crippen LogP contribution in [0.4, 0.5) is 0 Å². The Kier molecular flexibility index (Phi) is 20.3. The van der Waals surface area contributed by atoms with Crippen molar-refractivity contribution in [3.8, 4) is 0 Å². The average Bonchev–Trinajstić information content (AvgIpc) is 0.918. The molecule has 0 saturated carbocycles. The fourth-order valence-corrected chi connectivity index (χ4v) is 0. The quantitative estimate of drug-likeness (QED) is 0.243. The number of hydrogen-bond acceptors (Lipinski definition) is 0. The molecule has 0 fully saturated rings. The van der Waals surface area contributed by atoms with Crippen molar-refractivity contribution in [1.29, 1.82) is 0 Å². The van der Waals surface area contributed by atoms with Crippen LogP contribution < -0.4 is 29.6 Å². The molecule has 0 spiro atoms. The first kappa shape index (κ1) is 9.21. The summed E-state index contributed by atoms with van der Waals surface area (Å²) in [6.07, 6.45) is 0. The van der Waals surface area contributed by atoms with Crippen LogP contribution in [0.5, 0.6) is 0 Å². The zero-order valence-corrected chi connectivity index (χ0v) is 7.24. The molecule has 0 aromatic carbocycles. The van der Waals surface area contributed by atoms with Gasteiger partial charge in [0.1, 0.15) is 0 Å². The minimum atomic E-state index is 0. The molecule has 0 bridgehead atoms. The third kappa shape index (κ3) is 9.29. The second-order valence-corrected chi connectivity index (χ2v) is 1.79. The summed E-state index contributed by atoms with van der Waals surface area (Å²) < 4.78 is 1.22. The summed E-state index contributed by atoms with van der Waals surface area (Å²) in [7, 11) is 0. The van der Waals surface area contributed by atoms with E-state index in [-0.39, 0.29) is 31.0 Å². The normalized spacial score (nSPS) is 4.50. The molecule has 0 rings (SSSR count). The van der Waals surface area contributed by atoms with Gasteiger partial charge in [-0.05, 0) is 4.43 Å². The van der Waals surface area contributed by atoms with Crippen LogP contribution in [-0.2, 0) is 0 Å². The summed E-state index contributed by atoms with van der Waals surface area (Å²) in [6.45, 7) is 2.11. The Morgan fingerprint density at radius 1 is 2.00 bits per heavy atom. The SMILES string of the molecule is CCI.[H-].[Na+]. The van der Waals surface area contributed by atoms with Gasteiger partial charge in [0.05, 0.1) is 0 Å². The van der Waals surface area contributed by atoms with E-state index in [1.807, 2.05) is 0 Å². The van der Waals surface area contributed by atoms with Crippen molar-refractivity contribution in [1.82, 2.24) is 0 Å². The maximum absolute atomic E-state index is 2.29. The topological polar surface area (TPSA) is 0 Å². The first-order chi connectivity index (χ1) is 1.41. The fraction of sp³-hybridized carbons (Fsp3) is 1.00. The standard InChI is InChI=1S/C2H5I.Na.H/c1-2-3;;/h2H2,1H3;;/q;+1;-1. The molecule has 2 heteroatoms. The average molecular weight is 180 g/mol. The summed E-state index contributed by atoms with van der Waals surface area (Å²) in [5.41, 5.74) is 0. The molecule has 22 valence electrons. The molecule has 0 aliphatic heterocycles. The molecule has 0 N–H and O–H groups in total. The van der Waals surface area contributed by atoms with Crippen LogP contribution in [0.1, 0.15) is 8.35 Å². The van der Waals surface area contributed by atoms with E-state index in [4.69, 9.17) is 0 Å². The van der Waals surface area contributed by atoms with Gasteiger partial charge in [-0.2, -0.15) is 0 Å². The summed E-state index contributed by atoms with van der Waals surface area (Å²) in [4.78, 5) is 0. The first-order valence-corrected chi connectivity index (χ1v) is 2.50. The molecule has 0 aromatic rings. The predicted molar refractivity (Wildman–Crippen MR) is 25.7 cm³/mol. The molecule has 0 amide bonds. The Morgan fingerprint density at radius 2 is 2.00 bits per heavy atom. The Hall–Kier alpha value is 1.73. The van der Waals surface area contributed by atoms with E-state index >= 15 is 0 Å². The third-order valence-electron chi connectivity index (χ3n) is 0. The maximum atomic E-state index is 2.29. The van der Waals surface area contributed by atoms with E-state index in [0.717, 1.165) is 0 Å². The van der Waals surface area contributed by atoms with Gasteiger partial charge in [-0.15, -0.1) is 0 Å². The Labute approximate surface area is 64.3 Å². The Morgan fingerprint density at radius 3 is 2.00 bits per heavy atom. The minimum absolute atomic E-state index is 0. The van der Waals surface area contributed by atoms with E-state index in [2.05, 4.69) is 29.5 Å². The summed E-state index contributed by atoms with van der Waals surface area (Å²) in [5, 5.41) is 0. The van der Waals surface area contributed by atoms with Gasteiger partial charge in [0.25, 0.3) is 0 Å². The van der Waals surface area contributed by atoms with Crippen LogP contribution in [0.3, 0.4) is 0 Å². The van der Waals surface area contributed by atoms with Crippen molar-refractivity contribution in [2.45, 2.75) is 6.92 Å². The summed E-state index contributed by atoms with van der Waals surface area (Å²) in [6, 6.07) is 0. The van der Waals surface area contributed by atoms with E-state index in [9.17, 15) is 0 Å². The number of rotatable bonds is 0. The molecule has 0 saturated heterocycles. The zero-order valence-electron chi connectivity index (χ0n) is 4.09. The van der Waals surface area contributed by atoms with Crippen LogP contribution in [0.25, 0.3) is 0 Å². The number of hydrogen-bond donors (Lipinski definition) is 0. The van der Waals surface area contributed by atoms with Gasteiger partial charge in [0.15, 0.2) is 0 Å². The van der Waals surface area contributed by atoms with Crippen LogP contribution in [0.2, 0.25) is 0 Å². The minimum Gasteiger partial charge on any atom is -1.00 e. The van der Waals surface area contributed by atoms with Crippen molar-refractivity contribution < 1.29 is 31.0 Å². The first-order valence-electron chi connectivity index (χ1n) is 0.974. The van der Waals surface area contributed by atoms with E-state index < -0.39 is 0 Å². The second-order valence-electron chi connectivity index (χ2n) is 0.267. The number of halogens is 1. The Balaban J connectivity index is -0.0000000200. The summed E-state index contributed by atoms with van der Waals surface area (Å²) in [5.74, 6) is 0. The Bertz CT molecular complexity index is 9.61. The molecule has 4 heavy (non-hydrogen) atoms. The zero-order chi connectivity index (χ0) is 2.71. The fourth-order valence-electron chi connectivity index (χ4n) is 0. The molecular formula is C2H6INa. The molecule has 0 atom stereocenters. The van der Waals surface area contributed by atoms with E-state index in [1.54, 1.807) is 0 Å². The van der Waals surface area contributed by atoms with Crippen molar-refractivity contribution in [2.75, 3.05) is 4.43 Å². The van der Waals surface area contributed by atoms with Crippen LogP contribution >= 0.6 is 22.6 Å². The van der Waals surface area contributed by atoms with Crippen molar-refractivity contribution in [3.05, 3.63) is 0 Å². The summed E-state index contributed by atoms with van der Waals surface area (Å²) >= 11 is 2.29. The van der Waals surface area contributed by atoms with Gasteiger partial charge in [-0.1, -0.05) is 29.5 Å². The molecule has 0 heterocycles. The largest absolute Gasteiger partial charge is 1.00 e. The molecule has 0 unspecified atom stereocenters. The molecule has 0 aliphatic carbocycles. The second kappa shape index (κ2) is 8.83. The van der Waals surface area contributed by atoms with Gasteiger partial charge in [0.2, 0.25) is 0 Å².